The number of sulfonamides is 1. The zero-order valence-electron chi connectivity index (χ0n) is 7.70. The molecule has 0 aliphatic heterocycles. The Labute approximate surface area is 102 Å². The Morgan fingerprint density at radius 1 is 1.47 bits per heavy atom. The fraction of sp³-hybridized carbons (Fsp3) is 0.250. The highest BCUT2D eigenvalue weighted by Gasteiger charge is 2.13. The fourth-order valence-electron chi connectivity index (χ4n) is 0.921. The second kappa shape index (κ2) is 5.27. The van der Waals surface area contributed by atoms with Gasteiger partial charge in [0.25, 0.3) is 0 Å². The SMILES string of the molecule is NCCNS(=O)(=O)c1ccc(Cl)c(Br)c1. The maximum Gasteiger partial charge on any atom is 0.240 e. The lowest BCUT2D eigenvalue weighted by Crippen LogP contribution is -2.29. The van der Waals surface area contributed by atoms with Gasteiger partial charge in [-0.1, -0.05) is 11.6 Å². The van der Waals surface area contributed by atoms with E-state index in [1.807, 2.05) is 0 Å². The minimum absolute atomic E-state index is 0.159. The van der Waals surface area contributed by atoms with E-state index >= 15 is 0 Å². The summed E-state index contributed by atoms with van der Waals surface area (Å²) in [5.74, 6) is 0. The van der Waals surface area contributed by atoms with Gasteiger partial charge in [0.2, 0.25) is 10.0 Å². The van der Waals surface area contributed by atoms with Crippen molar-refractivity contribution in [2.75, 3.05) is 13.1 Å². The van der Waals surface area contributed by atoms with Gasteiger partial charge in [-0.2, -0.15) is 0 Å². The normalized spacial score (nSPS) is 11.7. The monoisotopic (exact) mass is 312 g/mol. The first-order chi connectivity index (χ1) is 6.97. The molecular formula is C8H10BrClN2O2S. The van der Waals surface area contributed by atoms with Gasteiger partial charge in [0.15, 0.2) is 0 Å². The number of nitrogens with two attached hydrogens (primary N) is 1. The largest absolute Gasteiger partial charge is 0.329 e. The second-order valence-corrected chi connectivity index (χ2v) is 5.79. The fourth-order valence-corrected chi connectivity index (χ4v) is 2.64. The second-order valence-electron chi connectivity index (χ2n) is 2.76. The summed E-state index contributed by atoms with van der Waals surface area (Å²) in [4.78, 5) is 0.159. The molecule has 0 bridgehead atoms. The smallest absolute Gasteiger partial charge is 0.240 e. The average molecular weight is 314 g/mol. The van der Waals surface area contributed by atoms with E-state index < -0.39 is 10.0 Å². The number of halogens is 2. The molecule has 0 amide bonds. The van der Waals surface area contributed by atoms with Crippen LogP contribution in [0.3, 0.4) is 0 Å². The first-order valence-corrected chi connectivity index (χ1v) is 6.77. The zero-order valence-corrected chi connectivity index (χ0v) is 10.9. The number of hydrogen-bond donors (Lipinski definition) is 2. The summed E-state index contributed by atoms with van der Waals surface area (Å²) in [6, 6.07) is 4.40. The Morgan fingerprint density at radius 3 is 2.67 bits per heavy atom. The van der Waals surface area contributed by atoms with Crippen LogP contribution in [-0.2, 0) is 10.0 Å². The molecule has 0 radical (unpaired) electrons. The molecular weight excluding hydrogens is 304 g/mol. The Kier molecular flexibility index (Phi) is 4.54. The molecule has 3 N–H and O–H groups in total. The number of rotatable bonds is 4. The molecule has 1 aromatic rings. The van der Waals surface area contributed by atoms with Crippen LogP contribution in [0.1, 0.15) is 0 Å². The molecule has 0 fully saturated rings. The quantitative estimate of drug-likeness (QED) is 0.881. The van der Waals surface area contributed by atoms with Crippen molar-refractivity contribution in [3.05, 3.63) is 27.7 Å². The average Bonchev–Trinajstić information content (AvgIpc) is 2.19. The molecule has 0 atom stereocenters. The third-order valence-corrected chi connectivity index (χ3v) is 4.31. The summed E-state index contributed by atoms with van der Waals surface area (Å²) in [6.45, 7) is 0.469. The molecule has 0 heterocycles. The minimum Gasteiger partial charge on any atom is -0.329 e. The van der Waals surface area contributed by atoms with Crippen molar-refractivity contribution in [1.82, 2.24) is 4.72 Å². The zero-order chi connectivity index (χ0) is 11.5. The van der Waals surface area contributed by atoms with Crippen LogP contribution in [0.4, 0.5) is 0 Å². The van der Waals surface area contributed by atoms with Gasteiger partial charge in [-0.25, -0.2) is 13.1 Å². The summed E-state index contributed by atoms with van der Waals surface area (Å²) in [5, 5.41) is 0.466. The van der Waals surface area contributed by atoms with E-state index in [1.54, 1.807) is 0 Å². The van der Waals surface area contributed by atoms with Crippen LogP contribution in [0, 0.1) is 0 Å². The van der Waals surface area contributed by atoms with Gasteiger partial charge in [0.1, 0.15) is 0 Å². The summed E-state index contributed by atoms with van der Waals surface area (Å²) < 4.78 is 26.1. The molecule has 0 unspecified atom stereocenters. The van der Waals surface area contributed by atoms with Crippen LogP contribution in [0.5, 0.6) is 0 Å². The Morgan fingerprint density at radius 2 is 2.13 bits per heavy atom. The van der Waals surface area contributed by atoms with Crippen molar-refractivity contribution >= 4 is 37.6 Å². The van der Waals surface area contributed by atoms with Gasteiger partial charge in [-0.05, 0) is 34.1 Å². The van der Waals surface area contributed by atoms with Crippen LogP contribution in [0.2, 0.25) is 5.02 Å². The molecule has 0 spiro atoms. The molecule has 4 nitrogen and oxygen atoms in total. The summed E-state index contributed by atoms with van der Waals surface area (Å²) in [7, 11) is -3.48. The summed E-state index contributed by atoms with van der Waals surface area (Å²) >= 11 is 8.91. The van der Waals surface area contributed by atoms with E-state index in [0.717, 1.165) is 0 Å². The van der Waals surface area contributed by atoms with E-state index in [1.165, 1.54) is 18.2 Å². The van der Waals surface area contributed by atoms with Crippen molar-refractivity contribution < 1.29 is 8.42 Å². The first kappa shape index (κ1) is 12.9. The van der Waals surface area contributed by atoms with Gasteiger partial charge in [-0.3, -0.25) is 0 Å². The van der Waals surface area contributed by atoms with Gasteiger partial charge >= 0.3 is 0 Å². The molecule has 84 valence electrons. The molecule has 7 heteroatoms. The number of hydrogen-bond acceptors (Lipinski definition) is 3. The van der Waals surface area contributed by atoms with Crippen molar-refractivity contribution in [2.24, 2.45) is 5.73 Å². The van der Waals surface area contributed by atoms with Crippen LogP contribution >= 0.6 is 27.5 Å². The lowest BCUT2D eigenvalue weighted by molar-refractivity contribution is 0.582. The highest BCUT2D eigenvalue weighted by molar-refractivity contribution is 9.10. The molecule has 0 aromatic heterocycles. The molecule has 15 heavy (non-hydrogen) atoms. The number of benzene rings is 1. The standard InChI is InChI=1S/C8H10BrClN2O2S/c9-7-5-6(1-2-8(7)10)15(13,14)12-4-3-11/h1-2,5,12H,3-4,11H2. The van der Waals surface area contributed by atoms with E-state index in [9.17, 15) is 8.42 Å². The van der Waals surface area contributed by atoms with E-state index in [-0.39, 0.29) is 18.0 Å². The third kappa shape index (κ3) is 3.42. The van der Waals surface area contributed by atoms with Gasteiger partial charge in [0, 0.05) is 17.6 Å². The first-order valence-electron chi connectivity index (χ1n) is 4.12. The van der Waals surface area contributed by atoms with Crippen LogP contribution in [0.15, 0.2) is 27.6 Å². The predicted octanol–water partition coefficient (Wildman–Crippen LogP) is 1.34. The van der Waals surface area contributed by atoms with E-state index in [2.05, 4.69) is 20.7 Å². The van der Waals surface area contributed by atoms with Gasteiger partial charge in [0.05, 0.1) is 9.92 Å². The number of nitrogens with one attached hydrogen (secondary N) is 1. The predicted molar refractivity (Wildman–Crippen MR) is 63.4 cm³/mol. The Bertz CT molecular complexity index is 450. The van der Waals surface area contributed by atoms with Crippen LogP contribution in [0.25, 0.3) is 0 Å². The maximum atomic E-state index is 11.6. The molecule has 0 aliphatic rings. The molecule has 1 rings (SSSR count). The molecule has 1 aromatic carbocycles. The van der Waals surface area contributed by atoms with Crippen molar-refractivity contribution in [1.29, 1.82) is 0 Å². The lowest BCUT2D eigenvalue weighted by Gasteiger charge is -2.06. The lowest BCUT2D eigenvalue weighted by atomic mass is 10.4. The Hall–Kier alpha value is -0.140. The minimum atomic E-state index is -3.48. The summed E-state index contributed by atoms with van der Waals surface area (Å²) in [5.41, 5.74) is 5.21. The third-order valence-electron chi connectivity index (χ3n) is 1.64. The topological polar surface area (TPSA) is 72.2 Å². The van der Waals surface area contributed by atoms with Crippen molar-refractivity contribution in [3.8, 4) is 0 Å². The van der Waals surface area contributed by atoms with Gasteiger partial charge < -0.3 is 5.73 Å². The van der Waals surface area contributed by atoms with Crippen molar-refractivity contribution in [2.45, 2.75) is 4.90 Å². The van der Waals surface area contributed by atoms with E-state index in [4.69, 9.17) is 17.3 Å². The van der Waals surface area contributed by atoms with Crippen LogP contribution in [-0.4, -0.2) is 21.5 Å². The Balaban J connectivity index is 3.00. The highest BCUT2D eigenvalue weighted by Crippen LogP contribution is 2.25. The van der Waals surface area contributed by atoms with Crippen LogP contribution < -0.4 is 10.5 Å². The van der Waals surface area contributed by atoms with E-state index in [0.29, 0.717) is 9.50 Å². The molecule has 0 aliphatic carbocycles. The molecule has 0 saturated heterocycles. The summed E-state index contributed by atoms with van der Waals surface area (Å²) in [6.07, 6.45) is 0. The molecule has 0 saturated carbocycles. The maximum absolute atomic E-state index is 11.6. The highest BCUT2D eigenvalue weighted by atomic mass is 79.9. The van der Waals surface area contributed by atoms with Gasteiger partial charge in [-0.15, -0.1) is 0 Å². The van der Waals surface area contributed by atoms with Crippen molar-refractivity contribution in [3.63, 3.8) is 0 Å².